The second-order valence-corrected chi connectivity index (χ2v) is 3.01. The lowest BCUT2D eigenvalue weighted by Crippen LogP contribution is -2.26. The van der Waals surface area contributed by atoms with Gasteiger partial charge in [0, 0.05) is 6.20 Å². The van der Waals surface area contributed by atoms with Gasteiger partial charge < -0.3 is 15.9 Å². The minimum Gasteiger partial charge on any atom is -0.478 e. The van der Waals surface area contributed by atoms with E-state index in [1.807, 2.05) is 0 Å². The van der Waals surface area contributed by atoms with Gasteiger partial charge in [-0.1, -0.05) is 0 Å². The Morgan fingerprint density at radius 2 is 2.29 bits per heavy atom. The number of nitrogens with zero attached hydrogens (tertiary/aromatic N) is 1. The highest BCUT2D eigenvalue weighted by atomic mass is 16.4. The average molecular weight is 196 g/mol. The monoisotopic (exact) mass is 196 g/mol. The van der Waals surface area contributed by atoms with Gasteiger partial charge in [0.05, 0.1) is 23.4 Å². The molecule has 1 aromatic heterocycles. The number of aromatic nitrogens is 1. The van der Waals surface area contributed by atoms with Crippen LogP contribution >= 0.6 is 0 Å². The number of hydrogen-bond donors (Lipinski definition) is 3. The molecule has 0 aliphatic carbocycles. The van der Waals surface area contributed by atoms with Gasteiger partial charge in [0.25, 0.3) is 0 Å². The first kappa shape index (κ1) is 10.6. The largest absolute Gasteiger partial charge is 0.478 e. The van der Waals surface area contributed by atoms with Crippen LogP contribution in [0.15, 0.2) is 18.3 Å². The second kappa shape index (κ2) is 4.17. The molecule has 14 heavy (non-hydrogen) atoms. The Kier molecular flexibility index (Phi) is 3.16. The Hall–Kier alpha value is -1.46. The highest BCUT2D eigenvalue weighted by molar-refractivity contribution is 5.88. The second-order valence-electron chi connectivity index (χ2n) is 3.01. The van der Waals surface area contributed by atoms with E-state index in [0.29, 0.717) is 0 Å². The van der Waals surface area contributed by atoms with E-state index in [9.17, 15) is 9.90 Å². The zero-order chi connectivity index (χ0) is 10.7. The fourth-order valence-electron chi connectivity index (χ4n) is 1.09. The van der Waals surface area contributed by atoms with E-state index in [-0.39, 0.29) is 11.3 Å². The van der Waals surface area contributed by atoms with Crippen molar-refractivity contribution in [3.05, 3.63) is 29.6 Å². The van der Waals surface area contributed by atoms with Gasteiger partial charge in [0.2, 0.25) is 0 Å². The molecule has 2 atom stereocenters. The summed E-state index contributed by atoms with van der Waals surface area (Å²) in [5.41, 5.74) is 5.83. The molecular formula is C9H12N2O3. The smallest absolute Gasteiger partial charge is 0.337 e. The van der Waals surface area contributed by atoms with E-state index in [2.05, 4.69) is 4.98 Å². The fourth-order valence-corrected chi connectivity index (χ4v) is 1.09. The van der Waals surface area contributed by atoms with Gasteiger partial charge in [-0.3, -0.25) is 4.98 Å². The summed E-state index contributed by atoms with van der Waals surface area (Å²) in [7, 11) is 0. The Morgan fingerprint density at radius 1 is 1.64 bits per heavy atom. The third-order valence-electron chi connectivity index (χ3n) is 1.90. The predicted molar refractivity (Wildman–Crippen MR) is 49.8 cm³/mol. The molecule has 5 nitrogen and oxygen atoms in total. The quantitative estimate of drug-likeness (QED) is 0.639. The van der Waals surface area contributed by atoms with Crippen LogP contribution in [0, 0.1) is 0 Å². The minimum atomic E-state index is -1.09. The summed E-state index contributed by atoms with van der Waals surface area (Å²) in [6, 6.07) is 2.15. The maximum absolute atomic E-state index is 10.8. The first-order chi connectivity index (χ1) is 6.54. The first-order valence-corrected chi connectivity index (χ1v) is 4.16. The Morgan fingerprint density at radius 3 is 2.79 bits per heavy atom. The maximum Gasteiger partial charge on any atom is 0.337 e. The molecule has 0 aliphatic rings. The van der Waals surface area contributed by atoms with Crippen molar-refractivity contribution in [1.82, 2.24) is 4.98 Å². The van der Waals surface area contributed by atoms with Gasteiger partial charge in [-0.25, -0.2) is 4.79 Å². The molecule has 5 heteroatoms. The topological polar surface area (TPSA) is 96.4 Å². The molecule has 0 amide bonds. The maximum atomic E-state index is 10.8. The summed E-state index contributed by atoms with van der Waals surface area (Å²) in [6.07, 6.45) is 0.618. The van der Waals surface area contributed by atoms with E-state index >= 15 is 0 Å². The molecule has 76 valence electrons. The molecule has 4 N–H and O–H groups in total. The average Bonchev–Trinajstić information content (AvgIpc) is 2.16. The van der Waals surface area contributed by atoms with Crippen molar-refractivity contribution in [3.63, 3.8) is 0 Å². The van der Waals surface area contributed by atoms with Crippen LogP contribution in [0.25, 0.3) is 0 Å². The molecule has 0 saturated heterocycles. The highest BCUT2D eigenvalue weighted by Crippen LogP contribution is 2.16. The van der Waals surface area contributed by atoms with Crippen LogP contribution in [0.2, 0.25) is 0 Å². The number of rotatable bonds is 3. The fraction of sp³-hybridized carbons (Fsp3) is 0.333. The predicted octanol–water partition coefficient (Wildman–Crippen LogP) is 0.160. The normalized spacial score (nSPS) is 14.8. The lowest BCUT2D eigenvalue weighted by molar-refractivity contribution is 0.0692. The standard InChI is InChI=1S/C9H12N2O3/c1-5(12)7(10)8-6(9(13)14)3-2-4-11-8/h2-5,7,12H,10H2,1H3,(H,13,14)/t5-,7+/m1/s1. The van der Waals surface area contributed by atoms with Crippen LogP contribution in [-0.2, 0) is 0 Å². The first-order valence-electron chi connectivity index (χ1n) is 4.16. The number of carboxylic acid groups (broad SMARTS) is 1. The van der Waals surface area contributed by atoms with E-state index in [1.165, 1.54) is 25.3 Å². The molecule has 1 heterocycles. The third kappa shape index (κ3) is 2.07. The van der Waals surface area contributed by atoms with Crippen molar-refractivity contribution < 1.29 is 15.0 Å². The zero-order valence-corrected chi connectivity index (χ0v) is 7.71. The number of carboxylic acids is 1. The molecule has 0 spiro atoms. The molecule has 0 bridgehead atoms. The molecule has 0 fully saturated rings. The van der Waals surface area contributed by atoms with Crippen LogP contribution in [0.3, 0.4) is 0 Å². The number of aromatic carboxylic acids is 1. The molecule has 1 rings (SSSR count). The van der Waals surface area contributed by atoms with Crippen molar-refractivity contribution in [2.75, 3.05) is 0 Å². The zero-order valence-electron chi connectivity index (χ0n) is 7.71. The Bertz CT molecular complexity index is 339. The number of aliphatic hydroxyl groups is 1. The number of nitrogens with two attached hydrogens (primary N) is 1. The van der Waals surface area contributed by atoms with E-state index < -0.39 is 18.1 Å². The van der Waals surface area contributed by atoms with Gasteiger partial charge in [-0.05, 0) is 19.1 Å². The summed E-state index contributed by atoms with van der Waals surface area (Å²) in [5.74, 6) is -1.09. The Balaban J connectivity index is 3.13. The van der Waals surface area contributed by atoms with E-state index in [4.69, 9.17) is 10.8 Å². The summed E-state index contributed by atoms with van der Waals surface area (Å²) in [6.45, 7) is 1.49. The summed E-state index contributed by atoms with van der Waals surface area (Å²) in [5, 5.41) is 18.0. The van der Waals surface area contributed by atoms with Crippen molar-refractivity contribution in [2.45, 2.75) is 19.1 Å². The molecule has 0 radical (unpaired) electrons. The van der Waals surface area contributed by atoms with Crippen LogP contribution in [0.4, 0.5) is 0 Å². The number of aliphatic hydroxyl groups excluding tert-OH is 1. The lowest BCUT2D eigenvalue weighted by atomic mass is 10.0. The third-order valence-corrected chi connectivity index (χ3v) is 1.90. The molecule has 0 saturated carbocycles. The number of carbonyl (C=O) groups is 1. The van der Waals surface area contributed by atoms with Crippen molar-refractivity contribution in [2.24, 2.45) is 5.73 Å². The molecule has 0 aromatic carbocycles. The van der Waals surface area contributed by atoms with Crippen molar-refractivity contribution in [3.8, 4) is 0 Å². The summed E-state index contributed by atoms with van der Waals surface area (Å²) >= 11 is 0. The molecule has 0 unspecified atom stereocenters. The van der Waals surface area contributed by atoms with Crippen LogP contribution in [0.5, 0.6) is 0 Å². The van der Waals surface area contributed by atoms with Gasteiger partial charge in [0.15, 0.2) is 0 Å². The summed E-state index contributed by atoms with van der Waals surface area (Å²) in [4.78, 5) is 14.6. The van der Waals surface area contributed by atoms with Gasteiger partial charge in [-0.2, -0.15) is 0 Å². The van der Waals surface area contributed by atoms with Gasteiger partial charge in [0.1, 0.15) is 0 Å². The SMILES string of the molecule is C[C@@H](O)[C@H](N)c1ncccc1C(=O)O. The van der Waals surface area contributed by atoms with Crippen molar-refractivity contribution >= 4 is 5.97 Å². The van der Waals surface area contributed by atoms with Crippen LogP contribution in [-0.4, -0.2) is 27.3 Å². The number of pyridine rings is 1. The Labute approximate surface area is 81.2 Å². The minimum absolute atomic E-state index is 0.0286. The molecular weight excluding hydrogens is 184 g/mol. The van der Waals surface area contributed by atoms with Gasteiger partial charge in [-0.15, -0.1) is 0 Å². The summed E-state index contributed by atoms with van der Waals surface area (Å²) < 4.78 is 0. The van der Waals surface area contributed by atoms with E-state index in [0.717, 1.165) is 0 Å². The lowest BCUT2D eigenvalue weighted by Gasteiger charge is -2.15. The molecule has 0 aliphatic heterocycles. The van der Waals surface area contributed by atoms with Crippen LogP contribution in [0.1, 0.15) is 29.0 Å². The van der Waals surface area contributed by atoms with Crippen LogP contribution < -0.4 is 5.73 Å². The van der Waals surface area contributed by atoms with Gasteiger partial charge >= 0.3 is 5.97 Å². The van der Waals surface area contributed by atoms with Crippen molar-refractivity contribution in [1.29, 1.82) is 0 Å². The number of hydrogen-bond acceptors (Lipinski definition) is 4. The van der Waals surface area contributed by atoms with E-state index in [1.54, 1.807) is 0 Å². The highest BCUT2D eigenvalue weighted by Gasteiger charge is 2.20. The molecule has 1 aromatic rings.